The lowest BCUT2D eigenvalue weighted by molar-refractivity contribution is -0.255. The summed E-state index contributed by atoms with van der Waals surface area (Å²) in [5.74, 6) is -1.98. The molecule has 156 valence electrons. The smallest absolute Gasteiger partial charge is 0.263 e. The van der Waals surface area contributed by atoms with E-state index in [9.17, 15) is 22.7 Å². The van der Waals surface area contributed by atoms with Gasteiger partial charge in [0.15, 0.2) is 11.6 Å². The third-order valence-electron chi connectivity index (χ3n) is 4.29. The molecule has 0 saturated carbocycles. The molecular weight excluding hydrogens is 423 g/mol. The first kappa shape index (κ1) is 20.2. The van der Waals surface area contributed by atoms with Crippen LogP contribution in [0.2, 0.25) is 0 Å². The van der Waals surface area contributed by atoms with Crippen molar-refractivity contribution in [1.82, 2.24) is 9.97 Å². The van der Waals surface area contributed by atoms with E-state index in [2.05, 4.69) is 20.0 Å². The summed E-state index contributed by atoms with van der Waals surface area (Å²) in [5.41, 5.74) is 1.21. The maximum atomic E-state index is 13.2. The summed E-state index contributed by atoms with van der Waals surface area (Å²) in [4.78, 5) is 19.7. The zero-order chi connectivity index (χ0) is 22.0. The number of hydrogen-bond donors (Lipinski definition) is 2. The van der Waals surface area contributed by atoms with Gasteiger partial charge >= 0.3 is 0 Å². The molecule has 2 N–H and O–H groups in total. The Kier molecular flexibility index (Phi) is 5.22. The Bertz CT molecular complexity index is 1390. The number of halogens is 1. The zero-order valence-corrected chi connectivity index (χ0v) is 16.6. The Morgan fingerprint density at radius 1 is 0.871 bits per heavy atom. The van der Waals surface area contributed by atoms with E-state index in [0.717, 1.165) is 24.3 Å². The fourth-order valence-corrected chi connectivity index (χ4v) is 3.83. The lowest BCUT2D eigenvalue weighted by atomic mass is 10.2. The number of carbonyl (C=O) groups is 1. The summed E-state index contributed by atoms with van der Waals surface area (Å²) >= 11 is 0. The molecule has 0 atom stereocenters. The van der Waals surface area contributed by atoms with Gasteiger partial charge in [0, 0.05) is 5.69 Å². The number of fused-ring (bicyclic) bond motifs is 1. The molecule has 0 aliphatic heterocycles. The van der Waals surface area contributed by atoms with Gasteiger partial charge in [0.2, 0.25) is 0 Å². The van der Waals surface area contributed by atoms with Gasteiger partial charge in [-0.05, 0) is 54.1 Å². The first-order chi connectivity index (χ1) is 14.8. The third kappa shape index (κ3) is 4.43. The van der Waals surface area contributed by atoms with Gasteiger partial charge in [-0.3, -0.25) is 4.72 Å². The number of benzene rings is 3. The molecule has 0 unspecified atom stereocenters. The number of carboxylic acids is 1. The number of rotatable bonds is 6. The van der Waals surface area contributed by atoms with Crippen LogP contribution in [0.3, 0.4) is 0 Å². The summed E-state index contributed by atoms with van der Waals surface area (Å²) < 4.78 is 41.1. The molecule has 8 nitrogen and oxygen atoms in total. The molecule has 0 radical (unpaired) electrons. The standard InChI is InChI=1S/C21H15FN4O4S/c22-14-8-10-16(11-9-14)31(29,30)26-20-19(24-17-6-1-2-7-18(17)25-20)23-15-5-3-4-13(12-15)21(27)28/h1-12H,(H,23,24)(H,25,26)(H,27,28)/p-1. The minimum absolute atomic E-state index is 0.0554. The Balaban J connectivity index is 1.77. The molecule has 4 aromatic rings. The van der Waals surface area contributed by atoms with Crippen LogP contribution in [0.1, 0.15) is 10.4 Å². The van der Waals surface area contributed by atoms with Gasteiger partial charge in [-0.15, -0.1) is 0 Å². The highest BCUT2D eigenvalue weighted by Gasteiger charge is 2.19. The fourth-order valence-electron chi connectivity index (χ4n) is 2.82. The first-order valence-electron chi connectivity index (χ1n) is 8.95. The Morgan fingerprint density at radius 3 is 2.16 bits per heavy atom. The van der Waals surface area contributed by atoms with Crippen molar-refractivity contribution >= 4 is 44.3 Å². The van der Waals surface area contributed by atoms with Crippen LogP contribution in [0.5, 0.6) is 0 Å². The molecule has 3 aromatic carbocycles. The van der Waals surface area contributed by atoms with E-state index >= 15 is 0 Å². The van der Waals surface area contributed by atoms with E-state index in [1.165, 1.54) is 18.2 Å². The van der Waals surface area contributed by atoms with Crippen LogP contribution < -0.4 is 15.1 Å². The predicted octanol–water partition coefficient (Wildman–Crippen LogP) is 2.68. The molecule has 1 aromatic heterocycles. The number of hydrogen-bond acceptors (Lipinski definition) is 7. The van der Waals surface area contributed by atoms with Crippen molar-refractivity contribution in [2.24, 2.45) is 0 Å². The van der Waals surface area contributed by atoms with Gasteiger partial charge in [-0.1, -0.05) is 24.3 Å². The van der Waals surface area contributed by atoms with Crippen LogP contribution in [0.25, 0.3) is 11.0 Å². The van der Waals surface area contributed by atoms with Gasteiger partial charge in [-0.2, -0.15) is 0 Å². The van der Waals surface area contributed by atoms with Crippen molar-refractivity contribution in [3.63, 3.8) is 0 Å². The summed E-state index contributed by atoms with van der Waals surface area (Å²) in [6.07, 6.45) is 0. The van der Waals surface area contributed by atoms with Crippen LogP contribution in [-0.4, -0.2) is 24.4 Å². The van der Waals surface area contributed by atoms with Crippen molar-refractivity contribution in [3.05, 3.63) is 84.2 Å². The maximum absolute atomic E-state index is 13.2. The molecule has 31 heavy (non-hydrogen) atoms. The van der Waals surface area contributed by atoms with E-state index in [1.807, 2.05) is 0 Å². The Morgan fingerprint density at radius 2 is 1.52 bits per heavy atom. The minimum Gasteiger partial charge on any atom is -0.545 e. The van der Waals surface area contributed by atoms with Gasteiger partial charge in [0.1, 0.15) is 5.82 Å². The molecule has 1 heterocycles. The van der Waals surface area contributed by atoms with Crippen molar-refractivity contribution < 1.29 is 22.7 Å². The fraction of sp³-hybridized carbons (Fsp3) is 0. The minimum atomic E-state index is -4.10. The predicted molar refractivity (Wildman–Crippen MR) is 111 cm³/mol. The zero-order valence-electron chi connectivity index (χ0n) is 15.7. The SMILES string of the molecule is O=C([O-])c1cccc(Nc2nc3ccccc3nc2NS(=O)(=O)c2ccc(F)cc2)c1. The Hall–Kier alpha value is -4.05. The number of para-hydroxylation sites is 2. The number of sulfonamides is 1. The monoisotopic (exact) mass is 437 g/mol. The second kappa shape index (κ2) is 8.00. The third-order valence-corrected chi connectivity index (χ3v) is 5.64. The van der Waals surface area contributed by atoms with Crippen molar-refractivity contribution in [3.8, 4) is 0 Å². The van der Waals surface area contributed by atoms with Crippen molar-refractivity contribution in [2.45, 2.75) is 4.90 Å². The molecule has 4 rings (SSSR count). The van der Waals surface area contributed by atoms with E-state index in [-0.39, 0.29) is 22.1 Å². The van der Waals surface area contributed by atoms with Crippen LogP contribution in [0.15, 0.2) is 77.7 Å². The van der Waals surface area contributed by atoms with E-state index in [4.69, 9.17) is 0 Å². The summed E-state index contributed by atoms with van der Waals surface area (Å²) in [7, 11) is -4.10. The average Bonchev–Trinajstić information content (AvgIpc) is 2.74. The van der Waals surface area contributed by atoms with Gasteiger partial charge in [-0.25, -0.2) is 22.8 Å². The summed E-state index contributed by atoms with van der Waals surface area (Å²) in [6, 6.07) is 16.9. The van der Waals surface area contributed by atoms with Gasteiger partial charge in [0.05, 0.1) is 21.9 Å². The number of carboxylic acid groups (broad SMARTS) is 1. The summed E-state index contributed by atoms with van der Waals surface area (Å²) in [5, 5.41) is 14.0. The van der Waals surface area contributed by atoms with Crippen LogP contribution in [0.4, 0.5) is 21.7 Å². The van der Waals surface area contributed by atoms with Crippen molar-refractivity contribution in [1.29, 1.82) is 0 Å². The van der Waals surface area contributed by atoms with Gasteiger partial charge < -0.3 is 15.2 Å². The van der Waals surface area contributed by atoms with E-state index in [0.29, 0.717) is 16.7 Å². The van der Waals surface area contributed by atoms with Crippen LogP contribution >= 0.6 is 0 Å². The molecule has 0 bridgehead atoms. The summed E-state index contributed by atoms with van der Waals surface area (Å²) in [6.45, 7) is 0. The average molecular weight is 437 g/mol. The number of aromatic nitrogens is 2. The number of nitrogens with one attached hydrogen (secondary N) is 2. The highest BCUT2D eigenvalue weighted by molar-refractivity contribution is 7.92. The number of carbonyl (C=O) groups excluding carboxylic acids is 1. The van der Waals surface area contributed by atoms with Crippen LogP contribution in [-0.2, 0) is 10.0 Å². The normalized spacial score (nSPS) is 11.3. The molecular formula is C21H14FN4O4S-. The second-order valence-corrected chi connectivity index (χ2v) is 8.14. The highest BCUT2D eigenvalue weighted by Crippen LogP contribution is 2.27. The quantitative estimate of drug-likeness (QED) is 0.475. The molecule has 0 aliphatic carbocycles. The molecule has 0 saturated heterocycles. The van der Waals surface area contributed by atoms with E-state index in [1.54, 1.807) is 30.3 Å². The van der Waals surface area contributed by atoms with E-state index < -0.39 is 21.8 Å². The lowest BCUT2D eigenvalue weighted by Gasteiger charge is -2.14. The number of nitrogens with zero attached hydrogens (tertiary/aromatic N) is 2. The van der Waals surface area contributed by atoms with Gasteiger partial charge in [0.25, 0.3) is 10.0 Å². The Labute approximate surface area is 176 Å². The lowest BCUT2D eigenvalue weighted by Crippen LogP contribution is -2.22. The topological polar surface area (TPSA) is 124 Å². The number of anilines is 3. The van der Waals surface area contributed by atoms with Crippen LogP contribution in [0, 0.1) is 5.82 Å². The van der Waals surface area contributed by atoms with Crippen molar-refractivity contribution in [2.75, 3.05) is 10.0 Å². The number of aromatic carboxylic acids is 1. The second-order valence-electron chi connectivity index (χ2n) is 6.46. The molecule has 10 heteroatoms. The molecule has 0 spiro atoms. The molecule has 0 amide bonds. The largest absolute Gasteiger partial charge is 0.545 e. The maximum Gasteiger partial charge on any atom is 0.263 e. The highest BCUT2D eigenvalue weighted by atomic mass is 32.2. The molecule has 0 fully saturated rings. The first-order valence-corrected chi connectivity index (χ1v) is 10.4. The molecule has 0 aliphatic rings.